The molecule has 0 aromatic rings. The highest BCUT2D eigenvalue weighted by Gasteiger charge is 2.74. The molecule has 41 heavy (non-hydrogen) atoms. The fourth-order valence-corrected chi connectivity index (χ4v) is 5.11. The van der Waals surface area contributed by atoms with E-state index in [9.17, 15) is 19.2 Å². The van der Waals surface area contributed by atoms with Crippen molar-refractivity contribution in [3.05, 3.63) is 0 Å². The Kier molecular flexibility index (Phi) is 10.7. The first kappa shape index (κ1) is 36.5. The van der Waals surface area contributed by atoms with Gasteiger partial charge in [0.2, 0.25) is 0 Å². The van der Waals surface area contributed by atoms with E-state index in [1.54, 1.807) is 62.3 Å². The summed E-state index contributed by atoms with van der Waals surface area (Å²) in [5.41, 5.74) is -6.28. The zero-order valence-corrected chi connectivity index (χ0v) is 28.7. The van der Waals surface area contributed by atoms with E-state index in [-0.39, 0.29) is 18.1 Å². The van der Waals surface area contributed by atoms with Crippen LogP contribution in [0.5, 0.6) is 0 Å². The second-order valence-corrected chi connectivity index (χ2v) is 19.9. The van der Waals surface area contributed by atoms with Crippen molar-refractivity contribution < 1.29 is 42.6 Å². The van der Waals surface area contributed by atoms with Crippen LogP contribution in [0.25, 0.3) is 0 Å². The minimum atomic E-state index is -2.47. The summed E-state index contributed by atoms with van der Waals surface area (Å²) in [6, 6.07) is -1.07. The maximum absolute atomic E-state index is 13.8. The minimum absolute atomic E-state index is 0.0228. The second-order valence-electron chi connectivity index (χ2n) is 15.1. The van der Waals surface area contributed by atoms with Gasteiger partial charge < -0.3 is 39.3 Å². The van der Waals surface area contributed by atoms with Crippen LogP contribution in [0, 0.1) is 0 Å². The van der Waals surface area contributed by atoms with Crippen LogP contribution in [0.2, 0.25) is 18.1 Å². The van der Waals surface area contributed by atoms with Crippen molar-refractivity contribution in [3.63, 3.8) is 0 Å². The van der Waals surface area contributed by atoms with Crippen LogP contribution in [-0.4, -0.2) is 80.2 Å². The molecule has 1 aliphatic carbocycles. The van der Waals surface area contributed by atoms with Crippen LogP contribution in [0.4, 0.5) is 14.4 Å². The highest BCUT2D eigenvalue weighted by molar-refractivity contribution is 6.74. The summed E-state index contributed by atoms with van der Waals surface area (Å²) >= 11 is 0. The molecule has 0 aromatic heterocycles. The molecular formula is C28H53N3O9Si. The number of nitrogens with one attached hydrogen (secondary N) is 3. The van der Waals surface area contributed by atoms with Gasteiger partial charge in [0, 0.05) is 0 Å². The maximum atomic E-state index is 13.8. The molecule has 1 fully saturated rings. The van der Waals surface area contributed by atoms with E-state index in [1.807, 2.05) is 33.9 Å². The van der Waals surface area contributed by atoms with Crippen molar-refractivity contribution in [2.75, 3.05) is 13.7 Å². The van der Waals surface area contributed by atoms with E-state index >= 15 is 0 Å². The third kappa shape index (κ3) is 9.49. The third-order valence-electron chi connectivity index (χ3n) is 6.95. The lowest BCUT2D eigenvalue weighted by atomic mass is 9.56. The van der Waals surface area contributed by atoms with Crippen molar-refractivity contribution in [1.82, 2.24) is 16.0 Å². The maximum Gasteiger partial charge on any atom is 0.408 e. The summed E-state index contributed by atoms with van der Waals surface area (Å²) < 4.78 is 28.2. The number of amides is 3. The van der Waals surface area contributed by atoms with E-state index in [0.29, 0.717) is 0 Å². The molecule has 1 rings (SSSR count). The van der Waals surface area contributed by atoms with Gasteiger partial charge in [0.15, 0.2) is 13.9 Å². The lowest BCUT2D eigenvalue weighted by Gasteiger charge is -2.61. The number of esters is 1. The van der Waals surface area contributed by atoms with E-state index in [4.69, 9.17) is 23.4 Å². The van der Waals surface area contributed by atoms with Crippen molar-refractivity contribution in [2.45, 2.75) is 142 Å². The Balaban J connectivity index is 3.79. The van der Waals surface area contributed by atoms with Gasteiger partial charge in [-0.3, -0.25) is 0 Å². The molecule has 13 heteroatoms. The molecule has 3 N–H and O–H groups in total. The van der Waals surface area contributed by atoms with Crippen LogP contribution in [-0.2, 0) is 28.2 Å². The zero-order valence-electron chi connectivity index (χ0n) is 27.7. The first-order valence-corrected chi connectivity index (χ1v) is 16.7. The lowest BCUT2D eigenvalue weighted by molar-refractivity contribution is -0.166. The van der Waals surface area contributed by atoms with Crippen molar-refractivity contribution in [2.24, 2.45) is 0 Å². The average Bonchev–Trinajstić information content (AvgIpc) is 2.69. The topological polar surface area (TPSA) is 151 Å². The molecule has 238 valence electrons. The number of hydrogen-bond donors (Lipinski definition) is 3. The third-order valence-corrected chi connectivity index (χ3v) is 11.4. The van der Waals surface area contributed by atoms with E-state index in [2.05, 4.69) is 16.0 Å². The monoisotopic (exact) mass is 603 g/mol. The summed E-state index contributed by atoms with van der Waals surface area (Å²) in [4.78, 5) is 53.1. The Labute approximate surface area is 246 Å². The van der Waals surface area contributed by atoms with Gasteiger partial charge >= 0.3 is 24.2 Å². The number of ether oxygens (including phenoxy) is 4. The Morgan fingerprint density at radius 3 is 1.54 bits per heavy atom. The number of rotatable bonds is 7. The molecule has 0 aliphatic heterocycles. The van der Waals surface area contributed by atoms with Gasteiger partial charge in [-0.15, -0.1) is 0 Å². The minimum Gasteiger partial charge on any atom is -0.467 e. The number of hydrogen-bond acceptors (Lipinski definition) is 9. The summed E-state index contributed by atoms with van der Waals surface area (Å²) in [6.45, 7) is 25.2. The fraction of sp³-hybridized carbons (Fsp3) is 0.857. The summed E-state index contributed by atoms with van der Waals surface area (Å²) in [5, 5.41) is 7.92. The molecule has 0 spiro atoms. The average molecular weight is 604 g/mol. The Morgan fingerprint density at radius 2 is 1.15 bits per heavy atom. The molecule has 1 saturated carbocycles. The second kappa shape index (κ2) is 12.0. The largest absolute Gasteiger partial charge is 0.467 e. The molecule has 0 radical (unpaired) electrons. The molecule has 0 bridgehead atoms. The standard InChI is InChI=1S/C28H53N3O9Si/c1-23(2,3)38-20(33)29-18-16-27(30-21(34)39-24(4,5)6,17-37-41(14,15)26(10,11)12)28(18,19(32)36-13)31-22(35)40-25(7,8)9/h18H,16-17H2,1-15H3,(H,29,33)(H,30,34)(H,31,35). The van der Waals surface area contributed by atoms with Crippen LogP contribution < -0.4 is 16.0 Å². The highest BCUT2D eigenvalue weighted by atomic mass is 28.4. The lowest BCUT2D eigenvalue weighted by Crippen LogP contribution is -2.91. The Hall–Kier alpha value is -2.54. The van der Waals surface area contributed by atoms with Gasteiger partial charge in [0.1, 0.15) is 22.3 Å². The predicted octanol–water partition coefficient (Wildman–Crippen LogP) is 5.01. The van der Waals surface area contributed by atoms with Gasteiger partial charge in [-0.05, 0) is 86.9 Å². The fourth-order valence-electron chi connectivity index (χ4n) is 4.07. The molecule has 0 aromatic carbocycles. The Morgan fingerprint density at radius 1 is 0.732 bits per heavy atom. The molecule has 3 atom stereocenters. The number of methoxy groups -OCH3 is 1. The van der Waals surface area contributed by atoms with E-state index < -0.39 is 66.5 Å². The number of carbonyl (C=O) groups excluding carboxylic acids is 4. The molecule has 3 unspecified atom stereocenters. The molecule has 0 saturated heterocycles. The van der Waals surface area contributed by atoms with Crippen LogP contribution in [0.15, 0.2) is 0 Å². The first-order valence-electron chi connectivity index (χ1n) is 13.8. The van der Waals surface area contributed by atoms with Gasteiger partial charge in [-0.1, -0.05) is 20.8 Å². The van der Waals surface area contributed by atoms with E-state index in [1.165, 1.54) is 0 Å². The summed E-state index contributed by atoms with van der Waals surface area (Å²) in [5.74, 6) is -0.925. The number of carbonyl (C=O) groups is 4. The summed E-state index contributed by atoms with van der Waals surface area (Å²) in [6.07, 6.45) is -2.64. The van der Waals surface area contributed by atoms with Crippen molar-refractivity contribution >= 4 is 32.6 Å². The van der Waals surface area contributed by atoms with Gasteiger partial charge in [-0.2, -0.15) is 0 Å². The van der Waals surface area contributed by atoms with Crippen molar-refractivity contribution in [1.29, 1.82) is 0 Å². The molecule has 1 aliphatic rings. The highest BCUT2D eigenvalue weighted by Crippen LogP contribution is 2.47. The van der Waals surface area contributed by atoms with Crippen molar-refractivity contribution in [3.8, 4) is 0 Å². The zero-order chi connectivity index (χ0) is 32.5. The summed E-state index contributed by atoms with van der Waals surface area (Å²) in [7, 11) is -1.32. The molecule has 3 amide bonds. The predicted molar refractivity (Wildman–Crippen MR) is 157 cm³/mol. The van der Waals surface area contributed by atoms with Gasteiger partial charge in [-0.25, -0.2) is 19.2 Å². The van der Waals surface area contributed by atoms with Gasteiger partial charge in [0.25, 0.3) is 0 Å². The van der Waals surface area contributed by atoms with Crippen LogP contribution in [0.1, 0.15) is 89.5 Å². The normalized spacial score (nSPS) is 23.4. The molecule has 0 heterocycles. The quantitative estimate of drug-likeness (QED) is 0.207. The molecular weight excluding hydrogens is 550 g/mol. The molecule has 12 nitrogen and oxygen atoms in total. The Bertz CT molecular complexity index is 990. The SMILES string of the molecule is COC(=O)C1(NC(=O)OC(C)(C)C)C(NC(=O)OC(C)(C)C)CC1(CO[Si](C)(C)C(C)(C)C)NC(=O)OC(C)(C)C. The smallest absolute Gasteiger partial charge is 0.408 e. The number of alkyl carbamates (subject to hydrolysis) is 3. The van der Waals surface area contributed by atoms with E-state index in [0.717, 1.165) is 7.11 Å². The first-order chi connectivity index (χ1) is 18.1. The van der Waals surface area contributed by atoms with Crippen LogP contribution in [0.3, 0.4) is 0 Å². The van der Waals surface area contributed by atoms with Crippen LogP contribution >= 0.6 is 0 Å². The van der Waals surface area contributed by atoms with Gasteiger partial charge in [0.05, 0.1) is 19.8 Å².